The largest absolute Gasteiger partial charge is 0.507 e. The van der Waals surface area contributed by atoms with E-state index < -0.39 is 10.0 Å². The number of unbranched alkanes of at least 4 members (excludes halogenated alkanes) is 3. The fourth-order valence-electron chi connectivity index (χ4n) is 3.96. The van der Waals surface area contributed by atoms with Crippen LogP contribution >= 0.6 is 0 Å². The van der Waals surface area contributed by atoms with E-state index in [1.165, 1.54) is 13.0 Å². The number of carbonyl (C=O) groups is 1. The van der Waals surface area contributed by atoms with Gasteiger partial charge >= 0.3 is 0 Å². The lowest BCUT2D eigenvalue weighted by atomic mass is 10.1. The molecule has 0 radical (unpaired) electrons. The summed E-state index contributed by atoms with van der Waals surface area (Å²) < 4.78 is 38.7. The molecule has 37 heavy (non-hydrogen) atoms. The molecule has 9 nitrogen and oxygen atoms in total. The molecule has 0 aliphatic carbocycles. The summed E-state index contributed by atoms with van der Waals surface area (Å²) in [4.78, 5) is 23.7. The normalized spacial score (nSPS) is 11.5. The lowest BCUT2D eigenvalue weighted by Gasteiger charge is -2.10. The monoisotopic (exact) mass is 524 g/mol. The number of sulfonamides is 1. The van der Waals surface area contributed by atoms with Crippen LogP contribution in [0.2, 0.25) is 0 Å². The summed E-state index contributed by atoms with van der Waals surface area (Å²) in [7, 11) is -3.48. The van der Waals surface area contributed by atoms with Crippen molar-refractivity contribution < 1.29 is 27.5 Å². The van der Waals surface area contributed by atoms with Crippen molar-refractivity contribution in [1.82, 2.24) is 0 Å². The number of hydrogen-bond acceptors (Lipinski definition) is 7. The minimum Gasteiger partial charge on any atom is -0.507 e. The van der Waals surface area contributed by atoms with E-state index in [1.807, 2.05) is 0 Å². The van der Waals surface area contributed by atoms with Gasteiger partial charge in [0.25, 0.3) is 0 Å². The molecule has 1 aromatic heterocycles. The van der Waals surface area contributed by atoms with Crippen LogP contribution in [0.3, 0.4) is 0 Å². The van der Waals surface area contributed by atoms with E-state index in [2.05, 4.69) is 10.0 Å². The highest BCUT2D eigenvalue weighted by Gasteiger charge is 2.14. The number of ether oxygens (including phenoxy) is 1. The highest BCUT2D eigenvalue weighted by atomic mass is 32.2. The van der Waals surface area contributed by atoms with Gasteiger partial charge in [-0.05, 0) is 49.2 Å². The molecule has 0 fully saturated rings. The van der Waals surface area contributed by atoms with Crippen LogP contribution in [0.4, 0.5) is 11.4 Å². The fraction of sp³-hybridized carbons (Fsp3) is 0.259. The lowest BCUT2D eigenvalue weighted by molar-refractivity contribution is -0.114. The van der Waals surface area contributed by atoms with Crippen LogP contribution in [-0.2, 0) is 14.8 Å². The first-order valence-corrected chi connectivity index (χ1v) is 13.6. The summed E-state index contributed by atoms with van der Waals surface area (Å²) >= 11 is 0. The van der Waals surface area contributed by atoms with E-state index >= 15 is 0 Å². The van der Waals surface area contributed by atoms with Crippen molar-refractivity contribution in [2.24, 2.45) is 0 Å². The summed E-state index contributed by atoms with van der Waals surface area (Å²) in [5, 5.41) is 13.5. The van der Waals surface area contributed by atoms with E-state index in [-0.39, 0.29) is 33.8 Å². The number of aromatic hydroxyl groups is 1. The zero-order valence-corrected chi connectivity index (χ0v) is 21.1. The highest BCUT2D eigenvalue weighted by Crippen LogP contribution is 2.30. The Kier molecular flexibility index (Phi) is 7.98. The molecule has 4 aromatic rings. The Morgan fingerprint density at radius 3 is 2.41 bits per heavy atom. The molecular weight excluding hydrogens is 496 g/mol. The molecule has 0 atom stereocenters. The van der Waals surface area contributed by atoms with Crippen molar-refractivity contribution in [2.75, 3.05) is 22.4 Å². The summed E-state index contributed by atoms with van der Waals surface area (Å²) in [6.45, 7) is 1.77. The molecule has 3 aromatic carbocycles. The molecule has 0 aliphatic rings. The Hall–Kier alpha value is -4.05. The van der Waals surface area contributed by atoms with Gasteiger partial charge in [-0.15, -0.1) is 0 Å². The van der Waals surface area contributed by atoms with Gasteiger partial charge in [-0.3, -0.25) is 14.3 Å². The summed E-state index contributed by atoms with van der Waals surface area (Å²) in [5.41, 5.74) is 1.41. The number of anilines is 2. The molecule has 0 aliphatic heterocycles. The molecule has 1 heterocycles. The number of nitrogens with one attached hydrogen (secondary N) is 2. The maximum Gasteiger partial charge on any atom is 0.232 e. The van der Waals surface area contributed by atoms with E-state index in [9.17, 15) is 23.1 Å². The average Bonchev–Trinajstić information content (AvgIpc) is 2.84. The van der Waals surface area contributed by atoms with Crippen LogP contribution in [0.15, 0.2) is 69.9 Å². The van der Waals surface area contributed by atoms with Crippen LogP contribution in [0, 0.1) is 0 Å². The SMILES string of the molecule is CC(=O)Nc1ccc(NS(=O)(=O)CCCCCCOc2cc(O)c3c(=O)c4ccccc4oc3c2)cc1. The Labute approximate surface area is 214 Å². The van der Waals surface area contributed by atoms with Crippen LogP contribution in [-0.4, -0.2) is 31.8 Å². The second-order valence-electron chi connectivity index (χ2n) is 8.69. The third kappa shape index (κ3) is 6.79. The third-order valence-corrected chi connectivity index (χ3v) is 7.06. The predicted octanol–water partition coefficient (Wildman–Crippen LogP) is 4.99. The Morgan fingerprint density at radius 1 is 0.946 bits per heavy atom. The van der Waals surface area contributed by atoms with Gasteiger partial charge in [-0.25, -0.2) is 8.42 Å². The lowest BCUT2D eigenvalue weighted by Crippen LogP contribution is -2.16. The molecule has 0 bridgehead atoms. The van der Waals surface area contributed by atoms with Gasteiger partial charge in [0.2, 0.25) is 21.4 Å². The molecule has 4 rings (SSSR count). The van der Waals surface area contributed by atoms with Gasteiger partial charge in [0.15, 0.2) is 0 Å². The zero-order chi connectivity index (χ0) is 26.4. The molecule has 0 spiro atoms. The third-order valence-electron chi connectivity index (χ3n) is 5.69. The molecular formula is C27H28N2O7S. The second kappa shape index (κ2) is 11.3. The van der Waals surface area contributed by atoms with Crippen LogP contribution in [0.5, 0.6) is 11.5 Å². The number of hydrogen-bond donors (Lipinski definition) is 3. The van der Waals surface area contributed by atoms with Crippen molar-refractivity contribution in [3.63, 3.8) is 0 Å². The number of rotatable bonds is 11. The van der Waals surface area contributed by atoms with Crippen molar-refractivity contribution in [3.05, 3.63) is 70.9 Å². The first-order valence-electron chi connectivity index (χ1n) is 11.9. The highest BCUT2D eigenvalue weighted by molar-refractivity contribution is 7.92. The quantitative estimate of drug-likeness (QED) is 0.186. The summed E-state index contributed by atoms with van der Waals surface area (Å²) in [5.74, 6) is -0.0160. The number of fused-ring (bicyclic) bond motifs is 2. The molecule has 3 N–H and O–H groups in total. The number of amides is 1. The maximum atomic E-state index is 12.7. The van der Waals surface area contributed by atoms with E-state index in [0.29, 0.717) is 54.0 Å². The van der Waals surface area contributed by atoms with Gasteiger partial charge in [0.1, 0.15) is 28.1 Å². The molecule has 194 valence electrons. The number of para-hydroxylation sites is 1. The van der Waals surface area contributed by atoms with Gasteiger partial charge in [0, 0.05) is 30.4 Å². The van der Waals surface area contributed by atoms with Crippen molar-refractivity contribution in [2.45, 2.75) is 32.6 Å². The second-order valence-corrected chi connectivity index (χ2v) is 10.5. The van der Waals surface area contributed by atoms with Crippen molar-refractivity contribution in [1.29, 1.82) is 0 Å². The van der Waals surface area contributed by atoms with Gasteiger partial charge in [-0.1, -0.05) is 25.0 Å². The Morgan fingerprint density at radius 2 is 1.65 bits per heavy atom. The topological polar surface area (TPSA) is 135 Å². The fourth-order valence-corrected chi connectivity index (χ4v) is 5.14. The first kappa shape index (κ1) is 26.0. The molecule has 10 heteroatoms. The summed E-state index contributed by atoms with van der Waals surface area (Å²) in [6, 6.07) is 16.3. The Balaban J connectivity index is 1.22. The van der Waals surface area contributed by atoms with Gasteiger partial charge in [0.05, 0.1) is 17.7 Å². The summed E-state index contributed by atoms with van der Waals surface area (Å²) in [6.07, 6.45) is 2.66. The first-order chi connectivity index (χ1) is 17.7. The molecule has 0 saturated carbocycles. The van der Waals surface area contributed by atoms with Crippen molar-refractivity contribution in [3.8, 4) is 11.5 Å². The average molecular weight is 525 g/mol. The van der Waals surface area contributed by atoms with Crippen LogP contribution in [0.1, 0.15) is 32.6 Å². The Bertz CT molecular complexity index is 1580. The predicted molar refractivity (Wildman–Crippen MR) is 144 cm³/mol. The minimum absolute atomic E-state index is 0.00710. The zero-order valence-electron chi connectivity index (χ0n) is 20.3. The van der Waals surface area contributed by atoms with Crippen LogP contribution < -0.4 is 20.2 Å². The number of phenolic OH excluding ortho intramolecular Hbond substituents is 1. The van der Waals surface area contributed by atoms with Crippen LogP contribution in [0.25, 0.3) is 21.9 Å². The standard InChI is InChI=1S/C27H28N2O7S/c1-18(30)28-19-10-12-20(13-11-19)29-37(33,34)15-7-3-2-6-14-35-21-16-23(31)26-25(17-21)36-24-9-5-4-8-22(24)27(26)32/h4-5,8-13,16-17,29,31H,2-3,6-7,14-15H2,1H3,(H,28,30). The van der Waals surface area contributed by atoms with Gasteiger partial charge in [-0.2, -0.15) is 0 Å². The smallest absolute Gasteiger partial charge is 0.232 e. The molecule has 0 saturated heterocycles. The van der Waals surface area contributed by atoms with E-state index in [4.69, 9.17) is 9.15 Å². The number of benzene rings is 3. The molecule has 1 amide bonds. The maximum absolute atomic E-state index is 12.7. The van der Waals surface area contributed by atoms with Gasteiger partial charge < -0.3 is 19.6 Å². The minimum atomic E-state index is -3.48. The van der Waals surface area contributed by atoms with E-state index in [0.717, 1.165) is 6.42 Å². The van der Waals surface area contributed by atoms with E-state index in [1.54, 1.807) is 54.6 Å². The number of carbonyl (C=O) groups excluding carboxylic acids is 1. The molecule has 0 unspecified atom stereocenters. The number of phenols is 1. The van der Waals surface area contributed by atoms with Crippen molar-refractivity contribution >= 4 is 49.2 Å².